The maximum atomic E-state index is 13.5. The molecule has 0 N–H and O–H groups in total. The largest absolute Gasteiger partial charge is 0.467 e. The van der Waals surface area contributed by atoms with Crippen molar-refractivity contribution in [2.75, 3.05) is 0 Å². The molecule has 8 heteroatoms. The molecule has 5 rings (SSSR count). The molecule has 0 saturated heterocycles. The number of nitrogens with zero attached hydrogens (tertiary/aromatic N) is 6. The molecule has 2 aromatic carbocycles. The van der Waals surface area contributed by atoms with Crippen molar-refractivity contribution >= 4 is 16.8 Å². The Kier molecular flexibility index (Phi) is 5.82. The summed E-state index contributed by atoms with van der Waals surface area (Å²) in [5.41, 5.74) is 2.71. The summed E-state index contributed by atoms with van der Waals surface area (Å²) < 4.78 is 7.39. The molecule has 0 radical (unpaired) electrons. The molecule has 0 spiro atoms. The van der Waals surface area contributed by atoms with Crippen LogP contribution in [0.5, 0.6) is 0 Å². The summed E-state index contributed by atoms with van der Waals surface area (Å²) in [5, 5.41) is 18.3. The third-order valence-electron chi connectivity index (χ3n) is 5.50. The predicted molar refractivity (Wildman–Crippen MR) is 124 cm³/mol. The average molecular weight is 448 g/mol. The normalized spacial score (nSPS) is 10.8. The molecule has 0 saturated carbocycles. The summed E-state index contributed by atoms with van der Waals surface area (Å²) in [5.74, 6) is 1.06. The fraction of sp³-hybridized carbons (Fsp3) is 0.115. The number of hydrogen-bond acceptors (Lipinski definition) is 6. The van der Waals surface area contributed by atoms with Crippen molar-refractivity contribution in [2.24, 2.45) is 0 Å². The molecule has 34 heavy (non-hydrogen) atoms. The molecular weight excluding hydrogens is 428 g/mol. The zero-order valence-electron chi connectivity index (χ0n) is 18.2. The monoisotopic (exact) mass is 448 g/mol. The van der Waals surface area contributed by atoms with Crippen molar-refractivity contribution in [2.45, 2.75) is 19.6 Å². The Hall–Kier alpha value is -4.77. The lowest BCUT2D eigenvalue weighted by molar-refractivity contribution is 0.0705. The Morgan fingerprint density at radius 3 is 2.65 bits per heavy atom. The summed E-state index contributed by atoms with van der Waals surface area (Å²) in [6, 6.07) is 24.4. The van der Waals surface area contributed by atoms with Gasteiger partial charge in [0.2, 0.25) is 0 Å². The van der Waals surface area contributed by atoms with Crippen molar-refractivity contribution in [1.29, 1.82) is 5.26 Å². The van der Waals surface area contributed by atoms with Gasteiger partial charge in [-0.05, 0) is 42.0 Å². The number of nitriles is 1. The molecule has 3 heterocycles. The number of benzene rings is 2. The maximum absolute atomic E-state index is 13.5. The highest BCUT2D eigenvalue weighted by Gasteiger charge is 2.22. The molecule has 8 nitrogen and oxygen atoms in total. The highest BCUT2D eigenvalue weighted by atomic mass is 16.3. The molecular formula is C26H20N6O2. The summed E-state index contributed by atoms with van der Waals surface area (Å²) >= 11 is 0. The second kappa shape index (κ2) is 9.38. The van der Waals surface area contributed by atoms with E-state index in [4.69, 9.17) is 9.68 Å². The van der Waals surface area contributed by atoms with Gasteiger partial charge in [-0.25, -0.2) is 4.98 Å². The van der Waals surface area contributed by atoms with Crippen LogP contribution in [-0.2, 0) is 19.6 Å². The Balaban J connectivity index is 1.42. The molecule has 5 aromatic rings. The van der Waals surface area contributed by atoms with Crippen LogP contribution in [0.4, 0.5) is 0 Å². The molecule has 0 aliphatic rings. The highest BCUT2D eigenvalue weighted by molar-refractivity contribution is 5.94. The lowest BCUT2D eigenvalue weighted by Crippen LogP contribution is -2.32. The van der Waals surface area contributed by atoms with Gasteiger partial charge in [0, 0.05) is 5.39 Å². The third-order valence-corrected chi connectivity index (χ3v) is 5.50. The minimum atomic E-state index is -0.227. The van der Waals surface area contributed by atoms with Crippen LogP contribution in [0, 0.1) is 11.3 Å². The van der Waals surface area contributed by atoms with Gasteiger partial charge >= 0.3 is 0 Å². The molecule has 0 aliphatic heterocycles. The summed E-state index contributed by atoms with van der Waals surface area (Å²) in [6.07, 6.45) is 3.22. The quantitative estimate of drug-likeness (QED) is 0.370. The van der Waals surface area contributed by atoms with Gasteiger partial charge in [0.05, 0.1) is 43.0 Å². The molecule has 1 amide bonds. The number of para-hydroxylation sites is 1. The van der Waals surface area contributed by atoms with Crippen LogP contribution in [0.1, 0.15) is 33.2 Å². The van der Waals surface area contributed by atoms with Gasteiger partial charge in [0.15, 0.2) is 5.82 Å². The van der Waals surface area contributed by atoms with Crippen molar-refractivity contribution in [3.63, 3.8) is 0 Å². The number of pyridine rings is 1. The van der Waals surface area contributed by atoms with Crippen LogP contribution in [0.3, 0.4) is 0 Å². The number of fused-ring (bicyclic) bond motifs is 1. The van der Waals surface area contributed by atoms with E-state index in [0.717, 1.165) is 16.5 Å². The standard InChI is InChI=1S/C26H20N6O2/c27-14-19-7-9-20(10-8-19)15-32-18-28-30-25(32)17-31(16-22-5-3-13-34-22)26(33)24-12-11-21-4-1-2-6-23(21)29-24/h1-13,18H,15-17H2. The minimum absolute atomic E-state index is 0.227. The van der Waals surface area contributed by atoms with Gasteiger partial charge < -0.3 is 13.9 Å². The number of aromatic nitrogens is 4. The van der Waals surface area contributed by atoms with E-state index in [1.54, 1.807) is 41.8 Å². The van der Waals surface area contributed by atoms with E-state index in [1.165, 1.54) is 0 Å². The van der Waals surface area contributed by atoms with Gasteiger partial charge in [0.1, 0.15) is 17.8 Å². The summed E-state index contributed by atoms with van der Waals surface area (Å²) in [6.45, 7) is 1.01. The maximum Gasteiger partial charge on any atom is 0.273 e. The van der Waals surface area contributed by atoms with Crippen molar-refractivity contribution in [3.05, 3.63) is 114 Å². The fourth-order valence-corrected chi connectivity index (χ4v) is 3.72. The lowest BCUT2D eigenvalue weighted by atomic mass is 10.1. The van der Waals surface area contributed by atoms with Crippen molar-refractivity contribution < 1.29 is 9.21 Å². The first-order chi connectivity index (χ1) is 16.7. The van der Waals surface area contributed by atoms with E-state index >= 15 is 0 Å². The van der Waals surface area contributed by atoms with Gasteiger partial charge in [0.25, 0.3) is 5.91 Å². The fourth-order valence-electron chi connectivity index (χ4n) is 3.72. The van der Waals surface area contributed by atoms with Crippen LogP contribution in [0.15, 0.2) is 89.8 Å². The molecule has 0 aliphatic carbocycles. The Labute approximate surface area is 195 Å². The first-order valence-corrected chi connectivity index (χ1v) is 10.7. The molecule has 0 fully saturated rings. The van der Waals surface area contributed by atoms with E-state index in [9.17, 15) is 4.79 Å². The molecule has 166 valence electrons. The average Bonchev–Trinajstić information content (AvgIpc) is 3.55. The molecule has 0 atom stereocenters. The number of furan rings is 1. The van der Waals surface area contributed by atoms with E-state index in [1.807, 2.05) is 53.1 Å². The zero-order valence-corrected chi connectivity index (χ0v) is 18.2. The van der Waals surface area contributed by atoms with E-state index in [2.05, 4.69) is 21.3 Å². The topological polar surface area (TPSA) is 101 Å². The minimum Gasteiger partial charge on any atom is -0.467 e. The third kappa shape index (κ3) is 4.54. The van der Waals surface area contributed by atoms with Gasteiger partial charge in [-0.15, -0.1) is 10.2 Å². The van der Waals surface area contributed by atoms with Crippen LogP contribution >= 0.6 is 0 Å². The Bertz CT molecular complexity index is 1470. The lowest BCUT2D eigenvalue weighted by Gasteiger charge is -2.21. The number of carbonyl (C=O) groups excluding carboxylic acids is 1. The number of amides is 1. The second-order valence-electron chi connectivity index (χ2n) is 7.81. The van der Waals surface area contributed by atoms with Gasteiger partial charge in [-0.3, -0.25) is 4.79 Å². The highest BCUT2D eigenvalue weighted by Crippen LogP contribution is 2.17. The Morgan fingerprint density at radius 2 is 1.85 bits per heavy atom. The first-order valence-electron chi connectivity index (χ1n) is 10.7. The first kappa shape index (κ1) is 21.1. The van der Waals surface area contributed by atoms with Crippen molar-refractivity contribution in [1.82, 2.24) is 24.6 Å². The van der Waals surface area contributed by atoms with Crippen LogP contribution < -0.4 is 0 Å². The van der Waals surface area contributed by atoms with Crippen LogP contribution in [0.25, 0.3) is 10.9 Å². The molecule has 0 unspecified atom stereocenters. The molecule has 0 bridgehead atoms. The van der Waals surface area contributed by atoms with E-state index in [-0.39, 0.29) is 19.0 Å². The number of hydrogen-bond donors (Lipinski definition) is 0. The van der Waals surface area contributed by atoms with Gasteiger partial charge in [-0.1, -0.05) is 36.4 Å². The second-order valence-corrected chi connectivity index (χ2v) is 7.81. The SMILES string of the molecule is N#Cc1ccc(Cn2cnnc2CN(Cc2ccco2)C(=O)c2ccc3ccccc3n2)cc1. The number of rotatable bonds is 7. The zero-order chi connectivity index (χ0) is 23.3. The van der Waals surface area contributed by atoms with Crippen LogP contribution in [-0.4, -0.2) is 30.6 Å². The van der Waals surface area contributed by atoms with Gasteiger partial charge in [-0.2, -0.15) is 5.26 Å². The number of carbonyl (C=O) groups is 1. The van der Waals surface area contributed by atoms with Crippen LogP contribution in [0.2, 0.25) is 0 Å². The predicted octanol–water partition coefficient (Wildman–Crippen LogP) is 4.18. The summed E-state index contributed by atoms with van der Waals surface area (Å²) in [7, 11) is 0. The van der Waals surface area contributed by atoms with E-state index < -0.39 is 0 Å². The van der Waals surface area contributed by atoms with E-state index in [0.29, 0.717) is 29.4 Å². The smallest absolute Gasteiger partial charge is 0.273 e. The summed E-state index contributed by atoms with van der Waals surface area (Å²) in [4.78, 5) is 19.7. The Morgan fingerprint density at radius 1 is 1.00 bits per heavy atom. The molecule has 3 aromatic heterocycles. The van der Waals surface area contributed by atoms with Crippen molar-refractivity contribution in [3.8, 4) is 6.07 Å².